The van der Waals surface area contributed by atoms with Gasteiger partial charge in [-0.15, -0.1) is 11.3 Å². The zero-order valence-corrected chi connectivity index (χ0v) is 15.5. The fourth-order valence-electron chi connectivity index (χ4n) is 2.64. The van der Waals surface area contributed by atoms with Crippen LogP contribution in [0.25, 0.3) is 0 Å². The number of ether oxygens (including phenoxy) is 1. The van der Waals surface area contributed by atoms with Gasteiger partial charge >= 0.3 is 0 Å². The second-order valence-electron chi connectivity index (χ2n) is 5.80. The first-order valence-electron chi connectivity index (χ1n) is 7.96. The van der Waals surface area contributed by atoms with Gasteiger partial charge in [0.1, 0.15) is 10.3 Å². The highest BCUT2D eigenvalue weighted by atomic mass is 32.2. The van der Waals surface area contributed by atoms with Gasteiger partial charge in [-0.2, -0.15) is 0 Å². The second-order valence-corrected chi connectivity index (χ2v) is 9.08. The van der Waals surface area contributed by atoms with Gasteiger partial charge in [0, 0.05) is 11.4 Å². The number of morpholine rings is 1. The Morgan fingerprint density at radius 3 is 2.72 bits per heavy atom. The van der Waals surface area contributed by atoms with E-state index in [1.54, 1.807) is 17.0 Å². The Labute approximate surface area is 151 Å². The lowest BCUT2D eigenvalue weighted by Gasteiger charge is -2.33. The van der Waals surface area contributed by atoms with E-state index in [2.05, 4.69) is 4.72 Å². The van der Waals surface area contributed by atoms with E-state index in [0.717, 1.165) is 10.4 Å². The number of benzene rings is 1. The highest BCUT2D eigenvalue weighted by molar-refractivity contribution is 7.91. The van der Waals surface area contributed by atoms with Gasteiger partial charge in [-0.25, -0.2) is 13.1 Å². The maximum absolute atomic E-state index is 12.4. The Morgan fingerprint density at radius 2 is 2.04 bits per heavy atom. The van der Waals surface area contributed by atoms with E-state index in [1.807, 2.05) is 37.3 Å². The lowest BCUT2D eigenvalue weighted by atomic mass is 10.1. The van der Waals surface area contributed by atoms with Gasteiger partial charge < -0.3 is 9.64 Å². The van der Waals surface area contributed by atoms with E-state index in [-0.39, 0.29) is 22.8 Å². The Hall–Kier alpha value is -1.74. The van der Waals surface area contributed by atoms with Crippen molar-refractivity contribution >= 4 is 27.3 Å². The highest BCUT2D eigenvalue weighted by Gasteiger charge is 2.26. The molecule has 1 saturated heterocycles. The first-order valence-corrected chi connectivity index (χ1v) is 10.3. The molecule has 3 rings (SSSR count). The molecule has 2 aromatic rings. The molecule has 1 amide bonds. The molecule has 1 fully saturated rings. The first-order chi connectivity index (χ1) is 12.0. The fraction of sp³-hybridized carbons (Fsp3) is 0.353. The molecule has 2 heterocycles. The maximum atomic E-state index is 12.4. The summed E-state index contributed by atoms with van der Waals surface area (Å²) in [5.74, 6) is -0.249. The summed E-state index contributed by atoms with van der Waals surface area (Å²) in [4.78, 5) is 15.0. The number of nitrogens with one attached hydrogen (secondary N) is 1. The molecule has 0 saturated carbocycles. The number of hydrogen-bond donors (Lipinski definition) is 1. The van der Waals surface area contributed by atoms with E-state index in [4.69, 9.17) is 4.74 Å². The van der Waals surface area contributed by atoms with Crippen LogP contribution in [0.1, 0.15) is 16.5 Å². The van der Waals surface area contributed by atoms with E-state index in [1.165, 1.54) is 11.3 Å². The molecule has 1 aromatic carbocycles. The fourth-order valence-corrected chi connectivity index (χ4v) is 4.94. The quantitative estimate of drug-likeness (QED) is 0.860. The SMILES string of the molecule is Cc1ccc(S(=O)(=O)NCC(=O)N2CCO[C@@H](c3ccccc3)C2)s1. The van der Waals surface area contributed by atoms with Gasteiger partial charge in [0.2, 0.25) is 5.91 Å². The predicted octanol–water partition coefficient (Wildman–Crippen LogP) is 1.93. The molecule has 0 spiro atoms. The van der Waals surface area contributed by atoms with Gasteiger partial charge in [0.15, 0.2) is 0 Å². The minimum absolute atomic E-state index is 0.185. The standard InChI is InChI=1S/C17H20N2O4S2/c1-13-7-8-17(24-13)25(21,22)18-11-16(20)19-9-10-23-15(12-19)14-5-3-2-4-6-14/h2-8,15,18H,9-12H2,1H3/t15-/m1/s1. The van der Waals surface area contributed by atoms with Crippen LogP contribution < -0.4 is 4.72 Å². The van der Waals surface area contributed by atoms with Crippen LogP contribution in [0.2, 0.25) is 0 Å². The van der Waals surface area contributed by atoms with E-state index < -0.39 is 10.0 Å². The second kappa shape index (κ2) is 7.65. The van der Waals surface area contributed by atoms with Crippen LogP contribution in [-0.4, -0.2) is 45.5 Å². The average molecular weight is 380 g/mol. The highest BCUT2D eigenvalue weighted by Crippen LogP contribution is 2.22. The van der Waals surface area contributed by atoms with Crippen LogP contribution in [0.5, 0.6) is 0 Å². The molecule has 1 aromatic heterocycles. The number of carbonyl (C=O) groups excluding carboxylic acids is 1. The summed E-state index contributed by atoms with van der Waals surface area (Å²) >= 11 is 1.18. The summed E-state index contributed by atoms with van der Waals surface area (Å²) in [6.07, 6.45) is -0.185. The molecule has 8 heteroatoms. The molecule has 0 bridgehead atoms. The smallest absolute Gasteiger partial charge is 0.250 e. The number of carbonyl (C=O) groups is 1. The summed E-state index contributed by atoms with van der Waals surface area (Å²) < 4.78 is 32.8. The Kier molecular flexibility index (Phi) is 5.53. The van der Waals surface area contributed by atoms with Crippen molar-refractivity contribution < 1.29 is 17.9 Å². The summed E-state index contributed by atoms with van der Waals surface area (Å²) in [7, 11) is -3.65. The Morgan fingerprint density at radius 1 is 1.28 bits per heavy atom. The zero-order valence-electron chi connectivity index (χ0n) is 13.8. The average Bonchev–Trinajstić information content (AvgIpc) is 3.08. The number of thiophene rings is 1. The monoisotopic (exact) mass is 380 g/mol. The molecule has 0 aliphatic carbocycles. The number of sulfonamides is 1. The Bertz CT molecular complexity index is 833. The minimum atomic E-state index is -3.65. The third kappa shape index (κ3) is 4.46. The number of hydrogen-bond acceptors (Lipinski definition) is 5. The lowest BCUT2D eigenvalue weighted by Crippen LogP contribution is -2.46. The normalized spacial score (nSPS) is 18.3. The van der Waals surface area contributed by atoms with Gasteiger partial charge in [0.25, 0.3) is 10.0 Å². The van der Waals surface area contributed by atoms with Crippen LogP contribution in [-0.2, 0) is 19.6 Å². The van der Waals surface area contributed by atoms with Crippen LogP contribution in [0.4, 0.5) is 0 Å². The van der Waals surface area contributed by atoms with E-state index in [9.17, 15) is 13.2 Å². The minimum Gasteiger partial charge on any atom is -0.370 e. The van der Waals surface area contributed by atoms with Crippen molar-refractivity contribution in [3.8, 4) is 0 Å². The molecular weight excluding hydrogens is 360 g/mol. The zero-order chi connectivity index (χ0) is 17.9. The van der Waals surface area contributed by atoms with E-state index in [0.29, 0.717) is 19.7 Å². The summed E-state index contributed by atoms with van der Waals surface area (Å²) in [5.41, 5.74) is 1.01. The third-order valence-corrected chi connectivity index (χ3v) is 6.88. The topological polar surface area (TPSA) is 75.7 Å². The van der Waals surface area contributed by atoms with Gasteiger partial charge in [-0.1, -0.05) is 30.3 Å². The van der Waals surface area contributed by atoms with Gasteiger partial charge in [-0.05, 0) is 24.6 Å². The van der Waals surface area contributed by atoms with Gasteiger partial charge in [0.05, 0.1) is 19.7 Å². The van der Waals surface area contributed by atoms with Crippen molar-refractivity contribution in [2.75, 3.05) is 26.2 Å². The molecule has 1 aliphatic heterocycles. The molecule has 134 valence electrons. The van der Waals surface area contributed by atoms with Crippen molar-refractivity contribution in [1.82, 2.24) is 9.62 Å². The molecule has 1 N–H and O–H groups in total. The van der Waals surface area contributed by atoms with Crippen LogP contribution in [0.15, 0.2) is 46.7 Å². The molecule has 1 atom stereocenters. The van der Waals surface area contributed by atoms with Crippen molar-refractivity contribution in [2.24, 2.45) is 0 Å². The molecule has 0 unspecified atom stereocenters. The predicted molar refractivity (Wildman–Crippen MR) is 96.0 cm³/mol. The van der Waals surface area contributed by atoms with Crippen LogP contribution in [0.3, 0.4) is 0 Å². The maximum Gasteiger partial charge on any atom is 0.250 e. The van der Waals surface area contributed by atoms with Crippen LogP contribution >= 0.6 is 11.3 Å². The van der Waals surface area contributed by atoms with Crippen molar-refractivity contribution in [3.63, 3.8) is 0 Å². The largest absolute Gasteiger partial charge is 0.370 e. The van der Waals surface area contributed by atoms with Crippen LogP contribution in [0, 0.1) is 6.92 Å². The summed E-state index contributed by atoms with van der Waals surface area (Å²) in [6, 6.07) is 13.0. The Balaban J connectivity index is 1.59. The van der Waals surface area contributed by atoms with E-state index >= 15 is 0 Å². The van der Waals surface area contributed by atoms with Crippen molar-refractivity contribution in [3.05, 3.63) is 52.9 Å². The molecule has 1 aliphatic rings. The number of amides is 1. The molecular formula is C17H20N2O4S2. The first kappa shape index (κ1) is 18.1. The van der Waals surface area contributed by atoms with Crippen molar-refractivity contribution in [2.45, 2.75) is 17.2 Å². The van der Waals surface area contributed by atoms with Gasteiger partial charge in [-0.3, -0.25) is 4.79 Å². The molecule has 25 heavy (non-hydrogen) atoms. The summed E-state index contributed by atoms with van der Waals surface area (Å²) in [5, 5.41) is 0. The lowest BCUT2D eigenvalue weighted by molar-refractivity contribution is -0.137. The third-order valence-electron chi connectivity index (χ3n) is 3.98. The molecule has 0 radical (unpaired) electrons. The number of aryl methyl sites for hydroxylation is 1. The van der Waals surface area contributed by atoms with Crippen molar-refractivity contribution in [1.29, 1.82) is 0 Å². The summed E-state index contributed by atoms with van der Waals surface area (Å²) in [6.45, 7) is 2.90. The number of nitrogens with zero attached hydrogens (tertiary/aromatic N) is 1. The number of rotatable bonds is 5. The molecule has 6 nitrogen and oxygen atoms in total.